The lowest BCUT2D eigenvalue weighted by Gasteiger charge is -2.04. The van der Waals surface area contributed by atoms with Gasteiger partial charge in [-0.15, -0.1) is 0 Å². The van der Waals surface area contributed by atoms with Crippen molar-refractivity contribution >= 4 is 17.5 Å². The molecule has 0 bridgehead atoms. The van der Waals surface area contributed by atoms with Gasteiger partial charge in [0.2, 0.25) is 6.79 Å². The summed E-state index contributed by atoms with van der Waals surface area (Å²) in [5.41, 5.74) is 2.89. The minimum Gasteiger partial charge on any atom is -0.454 e. The van der Waals surface area contributed by atoms with Gasteiger partial charge in [0, 0.05) is 17.1 Å². The van der Waals surface area contributed by atoms with Gasteiger partial charge in [0.05, 0.1) is 5.69 Å². The van der Waals surface area contributed by atoms with E-state index in [9.17, 15) is 4.79 Å². The van der Waals surface area contributed by atoms with Gasteiger partial charge in [-0.05, 0) is 35.9 Å². The molecule has 126 valence electrons. The summed E-state index contributed by atoms with van der Waals surface area (Å²) in [7, 11) is 0. The third-order valence-electron chi connectivity index (χ3n) is 3.85. The molecule has 2 N–H and O–H groups in total. The fourth-order valence-electron chi connectivity index (χ4n) is 2.54. The lowest BCUT2D eigenvalue weighted by atomic mass is 10.1. The summed E-state index contributed by atoms with van der Waals surface area (Å²) in [4.78, 5) is 12.3. The van der Waals surface area contributed by atoms with Crippen molar-refractivity contribution in [3.63, 3.8) is 0 Å². The van der Waals surface area contributed by atoms with Crippen molar-refractivity contribution in [1.82, 2.24) is 15.5 Å². The van der Waals surface area contributed by atoms with Crippen LogP contribution in [0.15, 0.2) is 48.5 Å². The Morgan fingerprint density at radius 1 is 1.12 bits per heavy atom. The number of ether oxygens (including phenoxy) is 2. The van der Waals surface area contributed by atoms with Crippen molar-refractivity contribution in [2.75, 3.05) is 6.79 Å². The number of carbonyl (C=O) groups excluding carboxylic acids is 1. The number of H-pyrrole nitrogens is 1. The van der Waals surface area contributed by atoms with Crippen LogP contribution in [0.1, 0.15) is 16.1 Å². The molecule has 0 atom stereocenters. The number of nitrogens with one attached hydrogen (secondary N) is 2. The first-order valence-corrected chi connectivity index (χ1v) is 8.05. The van der Waals surface area contributed by atoms with Gasteiger partial charge >= 0.3 is 0 Å². The Balaban J connectivity index is 1.42. The average molecular weight is 356 g/mol. The molecule has 2 aromatic carbocycles. The largest absolute Gasteiger partial charge is 0.454 e. The highest BCUT2D eigenvalue weighted by atomic mass is 35.5. The van der Waals surface area contributed by atoms with Gasteiger partial charge < -0.3 is 14.8 Å². The van der Waals surface area contributed by atoms with E-state index in [2.05, 4.69) is 15.5 Å². The van der Waals surface area contributed by atoms with E-state index in [0.717, 1.165) is 16.9 Å². The van der Waals surface area contributed by atoms with Crippen LogP contribution in [-0.2, 0) is 6.54 Å². The molecule has 4 rings (SSSR count). The number of hydrogen-bond acceptors (Lipinski definition) is 4. The number of nitrogens with zero attached hydrogens (tertiary/aromatic N) is 1. The predicted molar refractivity (Wildman–Crippen MR) is 92.8 cm³/mol. The number of hydrogen-bond donors (Lipinski definition) is 2. The van der Waals surface area contributed by atoms with Crippen LogP contribution in [0, 0.1) is 0 Å². The second-order valence-electron chi connectivity index (χ2n) is 5.54. The third-order valence-corrected chi connectivity index (χ3v) is 4.10. The molecule has 25 heavy (non-hydrogen) atoms. The molecule has 0 radical (unpaired) electrons. The molecule has 0 saturated carbocycles. The van der Waals surface area contributed by atoms with Gasteiger partial charge in [-0.2, -0.15) is 5.10 Å². The zero-order valence-electron chi connectivity index (χ0n) is 13.1. The Bertz CT molecular complexity index is 922. The molecule has 6 nitrogen and oxygen atoms in total. The minimum atomic E-state index is -0.231. The molecule has 3 aromatic rings. The van der Waals surface area contributed by atoms with Crippen LogP contribution in [0.5, 0.6) is 11.5 Å². The fourth-order valence-corrected chi connectivity index (χ4v) is 2.66. The zero-order chi connectivity index (χ0) is 17.2. The number of halogens is 1. The molecule has 0 aliphatic carbocycles. The van der Waals surface area contributed by atoms with Crippen molar-refractivity contribution in [2.24, 2.45) is 0 Å². The Morgan fingerprint density at radius 2 is 1.92 bits per heavy atom. The summed E-state index contributed by atoms with van der Waals surface area (Å²) >= 11 is 5.88. The van der Waals surface area contributed by atoms with Crippen LogP contribution in [0.4, 0.5) is 0 Å². The summed E-state index contributed by atoms with van der Waals surface area (Å²) in [6, 6.07) is 14.6. The van der Waals surface area contributed by atoms with Crippen molar-refractivity contribution in [3.05, 3.63) is 64.8 Å². The number of aromatic nitrogens is 2. The number of amides is 1. The molecular weight excluding hydrogens is 342 g/mol. The first kappa shape index (κ1) is 15.5. The number of rotatable bonds is 4. The van der Waals surface area contributed by atoms with E-state index in [0.29, 0.717) is 28.7 Å². The average Bonchev–Trinajstić information content (AvgIpc) is 3.29. The van der Waals surface area contributed by atoms with Crippen LogP contribution in [-0.4, -0.2) is 22.9 Å². The Hall–Kier alpha value is -2.99. The Kier molecular flexibility index (Phi) is 4.03. The Labute approximate surface area is 148 Å². The zero-order valence-corrected chi connectivity index (χ0v) is 13.8. The molecule has 1 aliphatic heterocycles. The van der Waals surface area contributed by atoms with Gasteiger partial charge in [0.1, 0.15) is 5.69 Å². The molecule has 1 amide bonds. The highest BCUT2D eigenvalue weighted by Gasteiger charge is 2.14. The maximum Gasteiger partial charge on any atom is 0.269 e. The smallest absolute Gasteiger partial charge is 0.269 e. The van der Waals surface area contributed by atoms with Crippen molar-refractivity contribution < 1.29 is 14.3 Å². The highest BCUT2D eigenvalue weighted by molar-refractivity contribution is 6.30. The van der Waals surface area contributed by atoms with Crippen molar-refractivity contribution in [3.8, 4) is 22.8 Å². The number of aromatic amines is 1. The van der Waals surface area contributed by atoms with Gasteiger partial charge in [0.25, 0.3) is 5.91 Å². The second-order valence-corrected chi connectivity index (χ2v) is 5.98. The summed E-state index contributed by atoms with van der Waals surface area (Å²) in [6.45, 7) is 0.609. The molecule has 0 saturated heterocycles. The molecular formula is C18H14ClN3O3. The van der Waals surface area contributed by atoms with Gasteiger partial charge in [0.15, 0.2) is 11.5 Å². The molecule has 7 heteroatoms. The SMILES string of the molecule is O=C(NCc1ccc2c(c1)OCO2)c1cc(-c2ccc(Cl)cc2)n[nH]1. The summed E-state index contributed by atoms with van der Waals surface area (Å²) in [5.74, 6) is 1.18. The van der Waals surface area contributed by atoms with Crippen LogP contribution in [0.3, 0.4) is 0 Å². The first-order valence-electron chi connectivity index (χ1n) is 7.67. The van der Waals surface area contributed by atoms with E-state index < -0.39 is 0 Å². The number of fused-ring (bicyclic) bond motifs is 1. The normalized spacial score (nSPS) is 12.2. The third kappa shape index (κ3) is 3.29. The van der Waals surface area contributed by atoms with E-state index >= 15 is 0 Å². The summed E-state index contributed by atoms with van der Waals surface area (Å²) < 4.78 is 10.6. The standard InChI is InChI=1S/C18H14ClN3O3/c19-13-4-2-12(3-5-13)14-8-15(22-21-14)18(23)20-9-11-1-6-16-17(7-11)25-10-24-16/h1-8H,9-10H2,(H,20,23)(H,21,22). The van der Waals surface area contributed by atoms with E-state index in [1.807, 2.05) is 30.3 Å². The molecule has 0 fully saturated rings. The quantitative estimate of drug-likeness (QED) is 0.752. The van der Waals surface area contributed by atoms with Crippen LogP contribution in [0.25, 0.3) is 11.3 Å². The van der Waals surface area contributed by atoms with Crippen LogP contribution < -0.4 is 14.8 Å². The first-order chi connectivity index (χ1) is 12.2. The van der Waals surface area contributed by atoms with Gasteiger partial charge in [-0.1, -0.05) is 29.8 Å². The summed E-state index contributed by atoms with van der Waals surface area (Å²) in [6.07, 6.45) is 0. The Morgan fingerprint density at radius 3 is 2.76 bits per heavy atom. The van der Waals surface area contributed by atoms with Crippen molar-refractivity contribution in [2.45, 2.75) is 6.54 Å². The molecule has 0 unspecified atom stereocenters. The van der Waals surface area contributed by atoms with Gasteiger partial charge in [-0.25, -0.2) is 0 Å². The molecule has 1 aliphatic rings. The highest BCUT2D eigenvalue weighted by Crippen LogP contribution is 2.32. The predicted octanol–water partition coefficient (Wildman–Crippen LogP) is 3.39. The van der Waals surface area contributed by atoms with E-state index in [4.69, 9.17) is 21.1 Å². The monoisotopic (exact) mass is 355 g/mol. The minimum absolute atomic E-state index is 0.229. The summed E-state index contributed by atoms with van der Waals surface area (Å²) in [5, 5.41) is 10.4. The van der Waals surface area contributed by atoms with Gasteiger partial charge in [-0.3, -0.25) is 9.89 Å². The molecule has 0 spiro atoms. The van der Waals surface area contributed by atoms with Crippen molar-refractivity contribution in [1.29, 1.82) is 0 Å². The maximum atomic E-state index is 12.3. The van der Waals surface area contributed by atoms with Crippen LogP contribution in [0.2, 0.25) is 5.02 Å². The van der Waals surface area contributed by atoms with Crippen LogP contribution >= 0.6 is 11.6 Å². The lowest BCUT2D eigenvalue weighted by Crippen LogP contribution is -2.23. The molecule has 1 aromatic heterocycles. The fraction of sp³-hybridized carbons (Fsp3) is 0.111. The van der Waals surface area contributed by atoms with E-state index in [1.165, 1.54) is 0 Å². The van der Waals surface area contributed by atoms with E-state index in [-0.39, 0.29) is 12.7 Å². The maximum absolute atomic E-state index is 12.3. The number of benzene rings is 2. The topological polar surface area (TPSA) is 76.2 Å². The lowest BCUT2D eigenvalue weighted by molar-refractivity contribution is 0.0946. The number of carbonyl (C=O) groups is 1. The van der Waals surface area contributed by atoms with E-state index in [1.54, 1.807) is 18.2 Å². The molecule has 2 heterocycles. The second kappa shape index (κ2) is 6.49.